The minimum atomic E-state index is -1.08. The fourth-order valence-electron chi connectivity index (χ4n) is 1.42. The van der Waals surface area contributed by atoms with Crippen LogP contribution < -0.4 is 5.32 Å². The predicted molar refractivity (Wildman–Crippen MR) is 43.2 cm³/mol. The number of likely N-dealkylation sites (tertiary alicyclic amines) is 1. The van der Waals surface area contributed by atoms with Crippen molar-refractivity contribution in [2.75, 3.05) is 13.6 Å². The Morgan fingerprint density at radius 2 is 2.15 bits per heavy atom. The van der Waals surface area contributed by atoms with Gasteiger partial charge in [0.25, 0.3) is 0 Å². The van der Waals surface area contributed by atoms with Crippen LogP contribution in [0.4, 0.5) is 4.79 Å². The molecule has 0 aliphatic carbocycles. The van der Waals surface area contributed by atoms with Gasteiger partial charge in [0.15, 0.2) is 0 Å². The standard InChI is InChI=1S/C7H12N2O4/c1-8-7(13)9-3-4(10)2-5(9)6(11)12/h4-5,10H,2-3H2,1H3,(H,8,13)(H,11,12)/t4-,5-/m1/s1. The van der Waals surface area contributed by atoms with Crippen LogP contribution >= 0.6 is 0 Å². The molecule has 0 radical (unpaired) electrons. The number of hydrogen-bond donors (Lipinski definition) is 3. The van der Waals surface area contributed by atoms with E-state index in [9.17, 15) is 14.7 Å². The van der Waals surface area contributed by atoms with Crippen molar-refractivity contribution in [2.45, 2.75) is 18.6 Å². The maximum absolute atomic E-state index is 11.1. The van der Waals surface area contributed by atoms with Crippen LogP contribution in [-0.4, -0.2) is 52.9 Å². The van der Waals surface area contributed by atoms with Crippen molar-refractivity contribution in [3.63, 3.8) is 0 Å². The van der Waals surface area contributed by atoms with E-state index in [4.69, 9.17) is 5.11 Å². The first-order chi connectivity index (χ1) is 6.06. The van der Waals surface area contributed by atoms with Gasteiger partial charge in [-0.15, -0.1) is 0 Å². The van der Waals surface area contributed by atoms with Gasteiger partial charge in [0.2, 0.25) is 0 Å². The summed E-state index contributed by atoms with van der Waals surface area (Å²) in [6.07, 6.45) is -0.638. The van der Waals surface area contributed by atoms with Crippen molar-refractivity contribution in [3.8, 4) is 0 Å². The van der Waals surface area contributed by atoms with E-state index in [-0.39, 0.29) is 13.0 Å². The number of amides is 2. The molecule has 0 aromatic rings. The number of nitrogens with one attached hydrogen (secondary N) is 1. The molecule has 0 bridgehead atoms. The Hall–Kier alpha value is -1.30. The summed E-state index contributed by atoms with van der Waals surface area (Å²) in [5.41, 5.74) is 0. The smallest absolute Gasteiger partial charge is 0.326 e. The number of carboxylic acids is 1. The van der Waals surface area contributed by atoms with E-state index in [0.717, 1.165) is 4.90 Å². The second-order valence-corrected chi connectivity index (χ2v) is 2.95. The number of β-amino-alcohol motifs (C(OH)–C–C–N with tert-alkyl or cyclic N) is 1. The molecule has 0 aromatic heterocycles. The lowest BCUT2D eigenvalue weighted by Crippen LogP contribution is -2.44. The molecule has 1 heterocycles. The molecular formula is C7H12N2O4. The number of aliphatic hydroxyl groups excluding tert-OH is 1. The van der Waals surface area contributed by atoms with Crippen LogP contribution in [0.3, 0.4) is 0 Å². The maximum Gasteiger partial charge on any atom is 0.326 e. The van der Waals surface area contributed by atoms with Crippen molar-refractivity contribution in [3.05, 3.63) is 0 Å². The van der Waals surface area contributed by atoms with Crippen LogP contribution in [0.5, 0.6) is 0 Å². The van der Waals surface area contributed by atoms with Crippen LogP contribution in [0, 0.1) is 0 Å². The highest BCUT2D eigenvalue weighted by molar-refractivity contribution is 5.83. The molecule has 0 saturated carbocycles. The van der Waals surface area contributed by atoms with Crippen LogP contribution in [-0.2, 0) is 4.79 Å². The summed E-state index contributed by atoms with van der Waals surface area (Å²) in [6, 6.07) is -1.38. The molecule has 13 heavy (non-hydrogen) atoms. The molecule has 6 heteroatoms. The molecule has 0 spiro atoms. The highest BCUT2D eigenvalue weighted by Crippen LogP contribution is 2.17. The van der Waals surface area contributed by atoms with Crippen molar-refractivity contribution < 1.29 is 19.8 Å². The number of nitrogens with zero attached hydrogens (tertiary/aromatic N) is 1. The van der Waals surface area contributed by atoms with Gasteiger partial charge in [0, 0.05) is 20.0 Å². The first-order valence-corrected chi connectivity index (χ1v) is 3.95. The molecule has 0 unspecified atom stereocenters. The Morgan fingerprint density at radius 1 is 1.54 bits per heavy atom. The average molecular weight is 188 g/mol. The fraction of sp³-hybridized carbons (Fsp3) is 0.714. The molecule has 6 nitrogen and oxygen atoms in total. The Morgan fingerprint density at radius 3 is 2.62 bits per heavy atom. The zero-order valence-corrected chi connectivity index (χ0v) is 7.23. The predicted octanol–water partition coefficient (Wildman–Crippen LogP) is -1.15. The third-order valence-corrected chi connectivity index (χ3v) is 2.04. The van der Waals surface area contributed by atoms with E-state index in [1.807, 2.05) is 0 Å². The summed E-state index contributed by atoms with van der Waals surface area (Å²) < 4.78 is 0. The number of aliphatic hydroxyl groups is 1. The summed E-state index contributed by atoms with van der Waals surface area (Å²) in [4.78, 5) is 22.9. The topological polar surface area (TPSA) is 89.9 Å². The monoisotopic (exact) mass is 188 g/mol. The Bertz CT molecular complexity index is 231. The van der Waals surface area contributed by atoms with Gasteiger partial charge in [-0.25, -0.2) is 9.59 Å². The minimum absolute atomic E-state index is 0.0800. The van der Waals surface area contributed by atoms with E-state index >= 15 is 0 Å². The van der Waals surface area contributed by atoms with E-state index in [0.29, 0.717) is 0 Å². The summed E-state index contributed by atoms with van der Waals surface area (Å²) in [5, 5.41) is 20.2. The second-order valence-electron chi connectivity index (χ2n) is 2.95. The van der Waals surface area contributed by atoms with Gasteiger partial charge >= 0.3 is 12.0 Å². The molecule has 2 atom stereocenters. The number of carbonyl (C=O) groups excluding carboxylic acids is 1. The summed E-state index contributed by atoms with van der Waals surface area (Å²) in [6.45, 7) is 0.0800. The minimum Gasteiger partial charge on any atom is -0.480 e. The van der Waals surface area contributed by atoms with Gasteiger partial charge in [-0.05, 0) is 0 Å². The van der Waals surface area contributed by atoms with Gasteiger partial charge in [0.1, 0.15) is 6.04 Å². The quantitative estimate of drug-likeness (QED) is 0.484. The number of hydrogen-bond acceptors (Lipinski definition) is 3. The molecule has 1 fully saturated rings. The second kappa shape index (κ2) is 3.61. The summed E-state index contributed by atoms with van der Waals surface area (Å²) in [5.74, 6) is -1.08. The van der Waals surface area contributed by atoms with Gasteiger partial charge in [-0.3, -0.25) is 0 Å². The molecule has 1 aliphatic rings. The lowest BCUT2D eigenvalue weighted by molar-refractivity contribution is -0.141. The maximum atomic E-state index is 11.1. The van der Waals surface area contributed by atoms with Crippen molar-refractivity contribution in [1.29, 1.82) is 0 Å². The number of aliphatic carboxylic acids is 1. The van der Waals surface area contributed by atoms with Gasteiger partial charge in [0.05, 0.1) is 6.10 Å². The molecule has 1 aliphatic heterocycles. The van der Waals surface area contributed by atoms with Gasteiger partial charge in [-0.2, -0.15) is 0 Å². The number of urea groups is 1. The first kappa shape index (κ1) is 9.79. The fourth-order valence-corrected chi connectivity index (χ4v) is 1.42. The zero-order chi connectivity index (χ0) is 10.0. The van der Waals surface area contributed by atoms with Crippen molar-refractivity contribution in [2.24, 2.45) is 0 Å². The van der Waals surface area contributed by atoms with E-state index in [1.165, 1.54) is 7.05 Å². The lowest BCUT2D eigenvalue weighted by atomic mass is 10.2. The van der Waals surface area contributed by atoms with Crippen LogP contribution in [0.2, 0.25) is 0 Å². The Balaban J connectivity index is 2.71. The Labute approximate surface area is 75.1 Å². The van der Waals surface area contributed by atoms with Gasteiger partial charge < -0.3 is 20.4 Å². The third kappa shape index (κ3) is 1.89. The van der Waals surface area contributed by atoms with Crippen LogP contribution in [0.1, 0.15) is 6.42 Å². The largest absolute Gasteiger partial charge is 0.480 e. The zero-order valence-electron chi connectivity index (χ0n) is 7.23. The van der Waals surface area contributed by atoms with Crippen LogP contribution in [0.25, 0.3) is 0 Å². The van der Waals surface area contributed by atoms with Gasteiger partial charge in [-0.1, -0.05) is 0 Å². The Kier molecular flexibility index (Phi) is 2.72. The highest BCUT2D eigenvalue weighted by Gasteiger charge is 2.38. The highest BCUT2D eigenvalue weighted by atomic mass is 16.4. The summed E-state index contributed by atoms with van der Waals surface area (Å²) in [7, 11) is 1.42. The van der Waals surface area contributed by atoms with Crippen molar-refractivity contribution >= 4 is 12.0 Å². The first-order valence-electron chi connectivity index (χ1n) is 3.95. The normalized spacial score (nSPS) is 27.4. The number of carbonyl (C=O) groups is 2. The molecular weight excluding hydrogens is 176 g/mol. The molecule has 74 valence electrons. The number of rotatable bonds is 1. The third-order valence-electron chi connectivity index (χ3n) is 2.04. The molecule has 1 rings (SSSR count). The van der Waals surface area contributed by atoms with E-state index < -0.39 is 24.1 Å². The van der Waals surface area contributed by atoms with Crippen LogP contribution in [0.15, 0.2) is 0 Å². The van der Waals surface area contributed by atoms with Crippen molar-refractivity contribution in [1.82, 2.24) is 10.2 Å². The van der Waals surface area contributed by atoms with E-state index in [2.05, 4.69) is 5.32 Å². The average Bonchev–Trinajstić information content (AvgIpc) is 2.46. The lowest BCUT2D eigenvalue weighted by Gasteiger charge is -2.19. The number of carboxylic acid groups (broad SMARTS) is 1. The van der Waals surface area contributed by atoms with E-state index in [1.54, 1.807) is 0 Å². The summed E-state index contributed by atoms with van der Waals surface area (Å²) >= 11 is 0. The SMILES string of the molecule is CNC(=O)N1C[C@H](O)C[C@@H]1C(=O)O. The molecule has 1 saturated heterocycles. The molecule has 3 N–H and O–H groups in total. The molecule has 2 amide bonds. The molecule has 0 aromatic carbocycles.